The van der Waals surface area contributed by atoms with Gasteiger partial charge in [-0.3, -0.25) is 23.2 Å². The van der Waals surface area contributed by atoms with E-state index in [1.807, 2.05) is 54.7 Å². The Morgan fingerprint density at radius 2 is 0.984 bits per heavy atom. The predicted octanol–water partition coefficient (Wildman–Crippen LogP) is 10.4. The minimum absolute atomic E-state index is 0.00365. The molecular formula is C48H74O14P2. The summed E-state index contributed by atoms with van der Waals surface area (Å²) in [6.45, 7) is 1.26. The Balaban J connectivity index is 4.81. The highest BCUT2D eigenvalue weighted by atomic mass is 31.2. The van der Waals surface area contributed by atoms with E-state index in [1.54, 1.807) is 12.2 Å². The molecule has 0 amide bonds. The number of aliphatic hydroxyl groups is 2. The number of unbranched alkanes of at least 4 members (excludes halogenated alkanes) is 1. The van der Waals surface area contributed by atoms with Crippen LogP contribution in [0.1, 0.15) is 110 Å². The summed E-state index contributed by atoms with van der Waals surface area (Å²) in [6.07, 6.45) is 50.7. The first-order valence-electron chi connectivity index (χ1n) is 22.0. The van der Waals surface area contributed by atoms with Gasteiger partial charge in [-0.15, -0.1) is 0 Å². The first-order chi connectivity index (χ1) is 30.8. The highest BCUT2D eigenvalue weighted by molar-refractivity contribution is 7.47. The van der Waals surface area contributed by atoms with Gasteiger partial charge in [0.25, 0.3) is 0 Å². The van der Waals surface area contributed by atoms with Gasteiger partial charge in [-0.1, -0.05) is 148 Å². The standard InChI is InChI=1S/C48H74O14P2/c1-3-5-7-9-11-12-13-14-15-16-17-18-19-20-21-22-26-30-34-38-47(51)58-42-46(43-61-64(56,57)60-41-45(50)40-59-63(53,54)55)62-48(52)39-35-31-27-24-23-25-29-33-37-44(49)36-32-28-10-8-6-4-2/h5-8,11-12,14-15,17-18,20-21,24-30,32-33,37,44-46,49-50H,3-4,9-10,13,16,19,22-23,31,34-36,38-43H2,1-2H3,(H,56,57)(H2,53,54,55)/b7-5-,8-6-,12-11-,15-14-,18-17-,21-20-,27-24-,29-25-,30-26-,32-28-,37-33+/t44?,45-,46+/m0/s1. The van der Waals surface area contributed by atoms with Crippen LogP contribution in [0.3, 0.4) is 0 Å². The number of phosphoric acid groups is 2. The van der Waals surface area contributed by atoms with E-state index in [0.717, 1.165) is 44.9 Å². The molecule has 14 nitrogen and oxygen atoms in total. The predicted molar refractivity (Wildman–Crippen MR) is 254 cm³/mol. The number of ether oxygens (including phenoxy) is 2. The van der Waals surface area contributed by atoms with Crippen LogP contribution >= 0.6 is 15.6 Å². The number of rotatable bonds is 39. The maximum atomic E-state index is 12.7. The molecule has 0 heterocycles. The molecule has 2 unspecified atom stereocenters. The molecular weight excluding hydrogens is 862 g/mol. The van der Waals surface area contributed by atoms with Crippen molar-refractivity contribution < 1.29 is 66.7 Å². The third kappa shape index (κ3) is 44.8. The topological polar surface area (TPSA) is 216 Å². The monoisotopic (exact) mass is 936 g/mol. The van der Waals surface area contributed by atoms with Crippen LogP contribution in [0.5, 0.6) is 0 Å². The Bertz CT molecular complexity index is 1650. The molecule has 0 saturated heterocycles. The van der Waals surface area contributed by atoms with E-state index in [9.17, 15) is 33.8 Å². The van der Waals surface area contributed by atoms with Gasteiger partial charge in [0.1, 0.15) is 12.7 Å². The van der Waals surface area contributed by atoms with E-state index in [0.29, 0.717) is 38.5 Å². The highest BCUT2D eigenvalue weighted by Crippen LogP contribution is 2.43. The largest absolute Gasteiger partial charge is 0.472 e. The van der Waals surface area contributed by atoms with Crippen molar-refractivity contribution >= 4 is 27.6 Å². The maximum Gasteiger partial charge on any atom is 0.472 e. The lowest BCUT2D eigenvalue weighted by Gasteiger charge is -2.20. The van der Waals surface area contributed by atoms with Crippen molar-refractivity contribution in [3.63, 3.8) is 0 Å². The smallest absolute Gasteiger partial charge is 0.462 e. The molecule has 16 heteroatoms. The fourth-order valence-electron chi connectivity index (χ4n) is 4.84. The maximum absolute atomic E-state index is 12.7. The molecule has 0 aromatic rings. The third-order valence-electron chi connectivity index (χ3n) is 8.12. The zero-order valence-electron chi connectivity index (χ0n) is 37.7. The van der Waals surface area contributed by atoms with Gasteiger partial charge in [0, 0.05) is 12.8 Å². The molecule has 0 aromatic carbocycles. The van der Waals surface area contributed by atoms with Crippen molar-refractivity contribution in [3.8, 4) is 0 Å². The molecule has 360 valence electrons. The van der Waals surface area contributed by atoms with Crippen LogP contribution in [0, 0.1) is 0 Å². The van der Waals surface area contributed by atoms with Crippen molar-refractivity contribution in [1.29, 1.82) is 0 Å². The minimum Gasteiger partial charge on any atom is -0.462 e. The fraction of sp³-hybridized carbons (Fsp3) is 0.500. The highest BCUT2D eigenvalue weighted by Gasteiger charge is 2.28. The van der Waals surface area contributed by atoms with Crippen LogP contribution in [0.2, 0.25) is 0 Å². The average Bonchev–Trinajstić information content (AvgIpc) is 3.25. The van der Waals surface area contributed by atoms with Gasteiger partial charge in [-0.25, -0.2) is 9.13 Å². The second-order valence-corrected chi connectivity index (χ2v) is 16.7. The van der Waals surface area contributed by atoms with E-state index in [-0.39, 0.29) is 12.8 Å². The molecule has 0 saturated carbocycles. The van der Waals surface area contributed by atoms with E-state index in [4.69, 9.17) is 23.8 Å². The van der Waals surface area contributed by atoms with Crippen molar-refractivity contribution in [2.24, 2.45) is 0 Å². The zero-order chi connectivity index (χ0) is 47.4. The van der Waals surface area contributed by atoms with E-state index in [2.05, 4.69) is 89.7 Å². The summed E-state index contributed by atoms with van der Waals surface area (Å²) < 4.78 is 47.6. The lowest BCUT2D eigenvalue weighted by atomic mass is 10.2. The number of hydrogen-bond acceptors (Lipinski definition) is 11. The van der Waals surface area contributed by atoms with Gasteiger partial charge >= 0.3 is 27.6 Å². The van der Waals surface area contributed by atoms with Crippen molar-refractivity contribution in [2.45, 2.75) is 128 Å². The van der Waals surface area contributed by atoms with Crippen LogP contribution in [0.4, 0.5) is 0 Å². The molecule has 0 radical (unpaired) electrons. The summed E-state index contributed by atoms with van der Waals surface area (Å²) in [4.78, 5) is 52.7. The summed E-state index contributed by atoms with van der Waals surface area (Å²) in [5.74, 6) is -1.25. The molecule has 64 heavy (non-hydrogen) atoms. The van der Waals surface area contributed by atoms with Crippen LogP contribution in [0.15, 0.2) is 134 Å². The normalized spacial score (nSPS) is 15.7. The number of hydrogen-bond donors (Lipinski definition) is 5. The fourth-order valence-corrected chi connectivity index (χ4v) is 6.00. The molecule has 0 aliphatic rings. The molecule has 0 aliphatic carbocycles. The Morgan fingerprint density at radius 1 is 0.516 bits per heavy atom. The number of esters is 2. The Kier molecular flexibility index (Phi) is 39.4. The minimum atomic E-state index is -4.89. The van der Waals surface area contributed by atoms with Crippen molar-refractivity contribution in [3.05, 3.63) is 134 Å². The Hall–Kier alpha value is -3.78. The van der Waals surface area contributed by atoms with Gasteiger partial charge < -0.3 is 34.4 Å². The quantitative estimate of drug-likeness (QED) is 0.0127. The number of phosphoric ester groups is 2. The van der Waals surface area contributed by atoms with Crippen molar-refractivity contribution in [2.75, 3.05) is 26.4 Å². The van der Waals surface area contributed by atoms with E-state index in [1.165, 1.54) is 0 Å². The molecule has 4 atom stereocenters. The summed E-state index contributed by atoms with van der Waals surface area (Å²) in [7, 11) is -9.76. The first kappa shape index (κ1) is 60.2. The Morgan fingerprint density at radius 3 is 1.53 bits per heavy atom. The second-order valence-electron chi connectivity index (χ2n) is 14.1. The number of aliphatic hydroxyl groups excluding tert-OH is 2. The van der Waals surface area contributed by atoms with Gasteiger partial charge in [0.15, 0.2) is 6.10 Å². The van der Waals surface area contributed by atoms with Gasteiger partial charge in [0.05, 0.1) is 25.9 Å². The molecule has 5 N–H and O–H groups in total. The summed E-state index contributed by atoms with van der Waals surface area (Å²) >= 11 is 0. The Labute approximate surface area is 381 Å². The van der Waals surface area contributed by atoms with E-state index >= 15 is 0 Å². The second kappa shape index (κ2) is 41.9. The third-order valence-corrected chi connectivity index (χ3v) is 9.55. The summed E-state index contributed by atoms with van der Waals surface area (Å²) in [6, 6.07) is 0. The summed E-state index contributed by atoms with van der Waals surface area (Å²) in [5, 5.41) is 19.8. The first-order valence-corrected chi connectivity index (χ1v) is 25.0. The van der Waals surface area contributed by atoms with Crippen LogP contribution in [-0.4, -0.2) is 81.6 Å². The lowest BCUT2D eigenvalue weighted by molar-refractivity contribution is -0.161. The van der Waals surface area contributed by atoms with E-state index < -0.39 is 72.3 Å². The van der Waals surface area contributed by atoms with Crippen LogP contribution < -0.4 is 0 Å². The SMILES string of the molecule is CC/C=C\C/C=C\C/C=C\C/C=C\C/C=C\C/C=C\CCC(=O)OC[C@H](COP(=O)(O)OC[C@@H](O)COP(=O)(O)O)OC(=O)CCC/C=C\C/C=C\C=C\C(O)C/C=C\C/C=C\CC. The number of carbonyl (C=O) groups is 2. The van der Waals surface area contributed by atoms with Crippen molar-refractivity contribution in [1.82, 2.24) is 0 Å². The van der Waals surface area contributed by atoms with Gasteiger partial charge in [-0.05, 0) is 83.5 Å². The van der Waals surface area contributed by atoms with Crippen LogP contribution in [-0.2, 0) is 41.8 Å². The molecule has 0 aromatic heterocycles. The van der Waals surface area contributed by atoms with Gasteiger partial charge in [-0.2, -0.15) is 0 Å². The molecule has 0 bridgehead atoms. The number of carbonyl (C=O) groups excluding carboxylic acids is 2. The molecule has 0 rings (SSSR count). The zero-order valence-corrected chi connectivity index (χ0v) is 39.5. The van der Waals surface area contributed by atoms with Gasteiger partial charge in [0.2, 0.25) is 0 Å². The summed E-state index contributed by atoms with van der Waals surface area (Å²) in [5.41, 5.74) is 0. The van der Waals surface area contributed by atoms with Crippen LogP contribution in [0.25, 0.3) is 0 Å². The molecule has 0 aliphatic heterocycles. The lowest BCUT2D eigenvalue weighted by Crippen LogP contribution is -2.29. The number of allylic oxidation sites excluding steroid dienone is 20. The average molecular weight is 937 g/mol. The molecule has 0 fully saturated rings. The molecule has 0 spiro atoms.